The van der Waals surface area contributed by atoms with Crippen LogP contribution in [0.3, 0.4) is 0 Å². The second-order valence-corrected chi connectivity index (χ2v) is 32.5. The van der Waals surface area contributed by atoms with Crippen LogP contribution < -0.4 is 0 Å². The molecular weight excluding hydrogens is 2160 g/mol. The monoisotopic (exact) mass is 2370 g/mol. The topological polar surface area (TPSA) is 113 Å². The molecule has 722 valence electrons. The summed E-state index contributed by atoms with van der Waals surface area (Å²) in [5.74, 6) is 10.1. The van der Waals surface area contributed by atoms with Crippen molar-refractivity contribution in [2.75, 3.05) is 21.1 Å². The Balaban J connectivity index is -0.0000000365. The Bertz CT molecular complexity index is 1680. The SMILES string of the molecule is C1CCCC1.C1CCCC1.CC(C)C1CCCC1.CC1CC(C)C(C)C1C.CC1CCCC1.CC1CCCC1.CCC1CCCC1.CCC1CCCC1.[CH-]=C(C)[N-]C.[CH-]=C(C)[N-]C.[CH-]=C(C)[N-]C.[CH-]=C(C)[N-]C(C)C.[CH-]=C(C)[N-]C(C)C.[CH-]=C(C)[N-]C(C)C.[CH-]=C(C)[N-]C(C)C.[CH-]=C(C)[N-]C(C)C.[CH3-].[CH3-].[CH3-].[CH3-].[CH3-].[CH3-].[CH3-].[CH3-].[Ru+3].[Ru+3].[Ru+3].[Ru+3].[Ru+3].[Ru+3].[Ru+3].[Ru+3]. The molecule has 0 spiro atoms. The number of hydrogen-bond donors (Lipinski definition) is 0. The van der Waals surface area contributed by atoms with Crippen molar-refractivity contribution >= 4 is 0 Å². The second-order valence-electron chi connectivity index (χ2n) is 32.5. The van der Waals surface area contributed by atoms with Gasteiger partial charge in [-0.2, -0.15) is 0 Å². The van der Waals surface area contributed by atoms with Gasteiger partial charge in [-0.05, 0) is 65.6 Å². The molecule has 8 nitrogen and oxygen atoms in total. The van der Waals surface area contributed by atoms with Crippen LogP contribution in [0.1, 0.15) is 406 Å². The molecule has 0 saturated heterocycles. The van der Waals surface area contributed by atoms with Crippen molar-refractivity contribution in [3.8, 4) is 0 Å². The summed E-state index contributed by atoms with van der Waals surface area (Å²) in [5.41, 5.74) is 5.20. The van der Waals surface area contributed by atoms with Gasteiger partial charge in [-0.1, -0.05) is 399 Å². The molecular formula is C103H206N8Ru8. The van der Waals surface area contributed by atoms with Crippen molar-refractivity contribution in [3.05, 3.63) is 200 Å². The van der Waals surface area contributed by atoms with E-state index in [4.69, 9.17) is 52.6 Å². The van der Waals surface area contributed by atoms with Crippen LogP contribution in [0.5, 0.6) is 0 Å². The molecule has 0 aromatic rings. The smallest absolute Gasteiger partial charge is 0.721 e. The summed E-state index contributed by atoms with van der Waals surface area (Å²) in [5, 5.41) is 30.6. The third-order valence-electron chi connectivity index (χ3n) is 19.0. The summed E-state index contributed by atoms with van der Waals surface area (Å²) in [6.07, 6.45) is 49.2. The molecule has 4 unspecified atom stereocenters. The Morgan fingerprint density at radius 1 is 0.252 bits per heavy atom. The zero-order valence-electron chi connectivity index (χ0n) is 86.0. The standard InChI is InChI=1S/C9H18.C8H16.2C7H14.5C6H11N.2C6H12.2C5H10.3C4H7N.8CH3.8Ru/c1-6-5-7(2)9(4)8(6)3;1-7(2)8-5-3-4-6-8;2*1-2-7-5-3-4-6-7;5*1-5(2)7-6(3)4;2*1-6-4-2-3-5-6;2*1-2-4-5-3-1;3*1-4(2)5-3;;;;;;;;;;;;;;;;/h6-9H,5H2,1-4H3;7-8H,3-6H2,1-2H3;2*7H,2-6H2,1H3;5*1,6H,2-4H3;2*6H,2-5H2,1H3;2*1-5H2;3*1H,2-3H3;8*1H3;;;;;;;;/q;;;;5*-2;;;;;3*-2;8*-1;8*+3. The van der Waals surface area contributed by atoms with Crippen molar-refractivity contribution < 1.29 is 156 Å². The quantitative estimate of drug-likeness (QED) is 0.108. The molecule has 8 aliphatic rings. The van der Waals surface area contributed by atoms with Crippen LogP contribution in [0.15, 0.2) is 45.6 Å². The van der Waals surface area contributed by atoms with Gasteiger partial charge in [-0.3, -0.25) is 0 Å². The van der Waals surface area contributed by atoms with Crippen LogP contribution in [0.25, 0.3) is 42.5 Å². The fourth-order valence-electron chi connectivity index (χ4n) is 12.6. The minimum atomic E-state index is 0. The molecule has 0 aromatic heterocycles. The summed E-state index contributed by atoms with van der Waals surface area (Å²) in [7, 11) is 4.99. The first-order valence-electron chi connectivity index (χ1n) is 42.1. The molecule has 8 saturated carbocycles. The fourth-order valence-corrected chi connectivity index (χ4v) is 12.6. The Morgan fingerprint density at radius 3 is 0.454 bits per heavy atom. The van der Waals surface area contributed by atoms with E-state index in [0.717, 1.165) is 59.2 Å². The van der Waals surface area contributed by atoms with Crippen molar-refractivity contribution in [1.82, 2.24) is 0 Å². The summed E-state index contributed by atoms with van der Waals surface area (Å²) < 4.78 is 0. The van der Waals surface area contributed by atoms with Crippen molar-refractivity contribution in [2.24, 2.45) is 59.2 Å². The first-order chi connectivity index (χ1) is 48.0. The number of hydrogen-bond acceptors (Lipinski definition) is 0. The molecule has 0 aromatic carbocycles. The van der Waals surface area contributed by atoms with Gasteiger partial charge in [0.2, 0.25) is 0 Å². The maximum atomic E-state index is 5.24. The Morgan fingerprint density at radius 2 is 0.395 bits per heavy atom. The van der Waals surface area contributed by atoms with E-state index in [1.165, 1.54) is 212 Å². The second kappa shape index (κ2) is 135. The molecule has 0 N–H and O–H groups in total. The van der Waals surface area contributed by atoms with Crippen LogP contribution in [0.2, 0.25) is 0 Å². The first kappa shape index (κ1) is 185. The van der Waals surface area contributed by atoms with Crippen LogP contribution in [-0.2, 0) is 156 Å². The zero-order valence-corrected chi connectivity index (χ0v) is 99.9. The molecule has 8 fully saturated rings. The van der Waals surface area contributed by atoms with Gasteiger partial charge >= 0.3 is 156 Å². The first-order valence-corrected chi connectivity index (χ1v) is 42.1. The van der Waals surface area contributed by atoms with E-state index in [-0.39, 0.29) is 215 Å². The molecule has 8 aliphatic carbocycles. The maximum Gasteiger partial charge on any atom is 3.00 e. The van der Waals surface area contributed by atoms with Crippen LogP contribution in [-0.4, -0.2) is 51.4 Å². The van der Waals surface area contributed by atoms with Crippen LogP contribution in [0, 0.1) is 171 Å². The third kappa shape index (κ3) is 177. The van der Waals surface area contributed by atoms with Gasteiger partial charge in [0.05, 0.1) is 0 Å². The zero-order chi connectivity index (χ0) is 81.3. The molecule has 4 atom stereocenters. The maximum absolute atomic E-state index is 5.24. The summed E-state index contributed by atoms with van der Waals surface area (Å²) in [4.78, 5) is 0. The van der Waals surface area contributed by atoms with Gasteiger partial charge in [0.15, 0.2) is 0 Å². The van der Waals surface area contributed by atoms with E-state index in [0.29, 0.717) is 75.8 Å². The Hall–Kier alpha value is 1.31. The minimum absolute atomic E-state index is 0. The van der Waals surface area contributed by atoms with Crippen molar-refractivity contribution in [1.29, 1.82) is 0 Å². The normalized spacial score (nSPS) is 16.4. The minimum Gasteiger partial charge on any atom is -0.721 e. The van der Waals surface area contributed by atoms with Crippen LogP contribution >= 0.6 is 0 Å². The number of allylic oxidation sites excluding steroid dienone is 8. The van der Waals surface area contributed by atoms with E-state index >= 15 is 0 Å². The summed E-state index contributed by atoms with van der Waals surface area (Å²) in [6, 6.07) is 1.69. The molecule has 16 heteroatoms. The molecule has 0 aliphatic heterocycles. The van der Waals surface area contributed by atoms with E-state index < -0.39 is 0 Å². The van der Waals surface area contributed by atoms with E-state index in [1.54, 1.807) is 76.5 Å². The largest absolute Gasteiger partial charge is 3.00 e. The Kier molecular flexibility index (Phi) is 209. The molecule has 8 rings (SSSR count). The molecule has 0 bridgehead atoms. The van der Waals surface area contributed by atoms with E-state index in [1.807, 2.05) is 69.2 Å². The van der Waals surface area contributed by atoms with E-state index in [2.05, 4.69) is 112 Å². The van der Waals surface area contributed by atoms with Gasteiger partial charge in [-0.25, -0.2) is 0 Å². The van der Waals surface area contributed by atoms with Crippen molar-refractivity contribution in [3.63, 3.8) is 0 Å². The average molecular weight is 2370 g/mol. The van der Waals surface area contributed by atoms with Gasteiger partial charge in [0.25, 0.3) is 0 Å². The predicted octanol–water partition coefficient (Wildman–Crippen LogP) is 37.3. The molecule has 119 heavy (non-hydrogen) atoms. The average Bonchev–Trinajstić information content (AvgIpc) is 1.72. The van der Waals surface area contributed by atoms with Gasteiger partial charge in [0, 0.05) is 0 Å². The van der Waals surface area contributed by atoms with Gasteiger partial charge in [0.1, 0.15) is 0 Å². The molecule has 8 radical (unpaired) electrons. The number of rotatable bonds is 16. The van der Waals surface area contributed by atoms with Gasteiger partial charge < -0.3 is 200 Å². The fraction of sp³-hybridized carbons (Fsp3) is 0.767. The van der Waals surface area contributed by atoms with E-state index in [9.17, 15) is 0 Å². The third-order valence-corrected chi connectivity index (χ3v) is 19.0. The number of nitrogens with zero attached hydrogens (tertiary/aromatic N) is 8. The van der Waals surface area contributed by atoms with Crippen molar-refractivity contribution in [2.45, 2.75) is 436 Å². The predicted molar refractivity (Wildman–Crippen MR) is 524 cm³/mol. The summed E-state index contributed by atoms with van der Waals surface area (Å²) in [6.45, 7) is 99.0. The summed E-state index contributed by atoms with van der Waals surface area (Å²) >= 11 is 0. The molecule has 0 amide bonds. The Labute approximate surface area is 863 Å². The molecule has 0 heterocycles. The van der Waals surface area contributed by atoms with Crippen LogP contribution in [0.4, 0.5) is 0 Å². The van der Waals surface area contributed by atoms with Gasteiger partial charge in [-0.15, -0.1) is 51.4 Å².